The van der Waals surface area contributed by atoms with Crippen molar-refractivity contribution in [3.63, 3.8) is 0 Å². The van der Waals surface area contributed by atoms with Gasteiger partial charge in [-0.15, -0.1) is 11.3 Å². The zero-order valence-electron chi connectivity index (χ0n) is 15.5. The lowest BCUT2D eigenvalue weighted by molar-refractivity contribution is -0.385. The van der Waals surface area contributed by atoms with Crippen LogP contribution in [-0.4, -0.2) is 28.2 Å². The Morgan fingerprint density at radius 1 is 1.34 bits per heavy atom. The van der Waals surface area contributed by atoms with Crippen LogP contribution in [0.2, 0.25) is 0 Å². The molecule has 3 aromatic rings. The molecular weight excluding hydrogens is 394 g/mol. The molecule has 1 aliphatic heterocycles. The molecule has 4 rings (SSSR count). The number of furan rings is 1. The standard InChI is InChI=1S/C20H17N3O5S/c1-13-15(23(25)26)5-2-6-17(13)28-12-20(24)22-16(19-8-4-10-29-19)11-14(21-22)18-7-3-9-27-18/h2-10,16H,11-12H2,1H3. The molecule has 29 heavy (non-hydrogen) atoms. The number of hydrogen-bond acceptors (Lipinski definition) is 7. The summed E-state index contributed by atoms with van der Waals surface area (Å²) in [5.41, 5.74) is 1.01. The van der Waals surface area contributed by atoms with E-state index in [0.717, 1.165) is 4.88 Å². The van der Waals surface area contributed by atoms with Gasteiger partial charge < -0.3 is 9.15 Å². The first kappa shape index (κ1) is 18.9. The van der Waals surface area contributed by atoms with Crippen molar-refractivity contribution in [1.29, 1.82) is 0 Å². The van der Waals surface area contributed by atoms with Crippen molar-refractivity contribution in [3.05, 3.63) is 80.4 Å². The van der Waals surface area contributed by atoms with Crippen LogP contribution in [0.5, 0.6) is 5.75 Å². The van der Waals surface area contributed by atoms with E-state index in [-0.39, 0.29) is 24.2 Å². The second-order valence-electron chi connectivity index (χ2n) is 6.44. The van der Waals surface area contributed by atoms with Gasteiger partial charge in [-0.05, 0) is 36.6 Å². The molecule has 0 saturated heterocycles. The van der Waals surface area contributed by atoms with Crippen LogP contribution in [0.3, 0.4) is 0 Å². The molecular formula is C20H17N3O5S. The van der Waals surface area contributed by atoms with Crippen molar-refractivity contribution in [2.45, 2.75) is 19.4 Å². The van der Waals surface area contributed by atoms with Crippen LogP contribution in [0.1, 0.15) is 28.7 Å². The molecule has 0 spiro atoms. The van der Waals surface area contributed by atoms with Crippen molar-refractivity contribution in [2.24, 2.45) is 5.10 Å². The lowest BCUT2D eigenvalue weighted by atomic mass is 10.1. The van der Waals surface area contributed by atoms with Crippen molar-refractivity contribution in [3.8, 4) is 5.75 Å². The fourth-order valence-corrected chi connectivity index (χ4v) is 4.01. The Balaban J connectivity index is 1.54. The summed E-state index contributed by atoms with van der Waals surface area (Å²) < 4.78 is 11.0. The molecule has 3 heterocycles. The number of nitro benzene ring substituents is 1. The molecule has 2 aromatic heterocycles. The smallest absolute Gasteiger partial charge is 0.281 e. The second-order valence-corrected chi connectivity index (χ2v) is 7.42. The lowest BCUT2D eigenvalue weighted by Gasteiger charge is -2.21. The quantitative estimate of drug-likeness (QED) is 0.444. The van der Waals surface area contributed by atoms with E-state index in [0.29, 0.717) is 29.2 Å². The largest absolute Gasteiger partial charge is 0.483 e. The number of amides is 1. The maximum Gasteiger partial charge on any atom is 0.281 e. The van der Waals surface area contributed by atoms with Gasteiger partial charge in [0, 0.05) is 17.4 Å². The van der Waals surface area contributed by atoms with Crippen LogP contribution in [0.15, 0.2) is 63.6 Å². The molecule has 1 unspecified atom stereocenters. The first-order chi connectivity index (χ1) is 14.0. The van der Waals surface area contributed by atoms with E-state index in [9.17, 15) is 14.9 Å². The molecule has 148 valence electrons. The highest BCUT2D eigenvalue weighted by Gasteiger charge is 2.35. The molecule has 1 amide bonds. The third-order valence-corrected chi connectivity index (χ3v) is 5.62. The molecule has 9 heteroatoms. The van der Waals surface area contributed by atoms with Gasteiger partial charge in [0.2, 0.25) is 0 Å². The third kappa shape index (κ3) is 3.77. The lowest BCUT2D eigenvalue weighted by Crippen LogP contribution is -2.31. The predicted octanol–water partition coefficient (Wildman–Crippen LogP) is 4.31. The Hall–Kier alpha value is -3.46. The minimum Gasteiger partial charge on any atom is -0.483 e. The number of hydrogen-bond donors (Lipinski definition) is 0. The molecule has 0 saturated carbocycles. The number of thiophene rings is 1. The summed E-state index contributed by atoms with van der Waals surface area (Å²) in [7, 11) is 0. The Bertz CT molecular complexity index is 1060. The number of carbonyl (C=O) groups is 1. The highest BCUT2D eigenvalue weighted by atomic mass is 32.1. The Morgan fingerprint density at radius 3 is 2.90 bits per heavy atom. The van der Waals surface area contributed by atoms with Crippen LogP contribution < -0.4 is 4.74 Å². The molecule has 1 aromatic carbocycles. The van der Waals surface area contributed by atoms with Crippen molar-refractivity contribution in [2.75, 3.05) is 6.61 Å². The van der Waals surface area contributed by atoms with E-state index < -0.39 is 4.92 Å². The van der Waals surface area contributed by atoms with Crippen LogP contribution in [0.4, 0.5) is 5.69 Å². The topological polar surface area (TPSA) is 98.2 Å². The zero-order valence-corrected chi connectivity index (χ0v) is 16.3. The first-order valence-corrected chi connectivity index (χ1v) is 9.76. The van der Waals surface area contributed by atoms with Crippen LogP contribution in [0, 0.1) is 17.0 Å². The van der Waals surface area contributed by atoms with Gasteiger partial charge in [0.05, 0.1) is 22.8 Å². The number of nitrogens with zero attached hydrogens (tertiary/aromatic N) is 3. The maximum atomic E-state index is 12.9. The summed E-state index contributed by atoms with van der Waals surface area (Å²) in [4.78, 5) is 24.5. The summed E-state index contributed by atoms with van der Waals surface area (Å²) in [6.45, 7) is 1.31. The minimum atomic E-state index is -0.475. The van der Waals surface area contributed by atoms with E-state index in [1.54, 1.807) is 42.7 Å². The van der Waals surface area contributed by atoms with Gasteiger partial charge in [-0.25, -0.2) is 5.01 Å². The fraction of sp³-hybridized carbons (Fsp3) is 0.200. The van der Waals surface area contributed by atoms with Gasteiger partial charge in [0.25, 0.3) is 11.6 Å². The summed E-state index contributed by atoms with van der Waals surface area (Å²) >= 11 is 1.55. The van der Waals surface area contributed by atoms with E-state index >= 15 is 0 Å². The molecule has 1 atom stereocenters. The third-order valence-electron chi connectivity index (χ3n) is 4.65. The van der Waals surface area contributed by atoms with Gasteiger partial charge in [0.1, 0.15) is 17.2 Å². The van der Waals surface area contributed by atoms with Gasteiger partial charge in [-0.3, -0.25) is 14.9 Å². The van der Waals surface area contributed by atoms with Gasteiger partial charge in [0.15, 0.2) is 6.61 Å². The average Bonchev–Trinajstić information content (AvgIpc) is 3.47. The Labute approximate surface area is 170 Å². The summed E-state index contributed by atoms with van der Waals surface area (Å²) in [6, 6.07) is 11.8. The normalized spacial score (nSPS) is 16.0. The van der Waals surface area contributed by atoms with Crippen molar-refractivity contribution < 1.29 is 18.9 Å². The van der Waals surface area contributed by atoms with E-state index in [4.69, 9.17) is 9.15 Å². The van der Waals surface area contributed by atoms with Gasteiger partial charge in [-0.2, -0.15) is 5.10 Å². The summed E-state index contributed by atoms with van der Waals surface area (Å²) in [5.74, 6) is 0.586. The van der Waals surface area contributed by atoms with Gasteiger partial charge >= 0.3 is 0 Å². The summed E-state index contributed by atoms with van der Waals surface area (Å²) in [6.07, 6.45) is 2.10. The molecule has 8 nitrogen and oxygen atoms in total. The number of carbonyl (C=O) groups excluding carboxylic acids is 1. The second kappa shape index (κ2) is 7.88. The van der Waals surface area contributed by atoms with Crippen molar-refractivity contribution >= 4 is 28.6 Å². The fourth-order valence-electron chi connectivity index (χ4n) is 3.20. The Kier molecular flexibility index (Phi) is 5.13. The molecule has 0 radical (unpaired) electrons. The summed E-state index contributed by atoms with van der Waals surface area (Å²) in [5, 5.41) is 18.9. The SMILES string of the molecule is Cc1c(OCC(=O)N2N=C(c3ccco3)CC2c2cccs2)cccc1[N+](=O)[O-]. The highest BCUT2D eigenvalue weighted by molar-refractivity contribution is 7.10. The van der Waals surface area contributed by atoms with E-state index in [2.05, 4.69) is 5.10 Å². The Morgan fingerprint density at radius 2 is 2.21 bits per heavy atom. The molecule has 0 bridgehead atoms. The number of benzene rings is 1. The van der Waals surface area contributed by atoms with E-state index in [1.165, 1.54) is 17.1 Å². The maximum absolute atomic E-state index is 12.9. The number of ether oxygens (including phenoxy) is 1. The monoisotopic (exact) mass is 411 g/mol. The highest BCUT2D eigenvalue weighted by Crippen LogP contribution is 2.35. The number of nitro groups is 1. The molecule has 0 N–H and O–H groups in total. The van der Waals surface area contributed by atoms with Crippen LogP contribution in [0.25, 0.3) is 0 Å². The average molecular weight is 411 g/mol. The molecule has 0 aliphatic carbocycles. The van der Waals surface area contributed by atoms with Crippen molar-refractivity contribution in [1.82, 2.24) is 5.01 Å². The molecule has 1 aliphatic rings. The first-order valence-electron chi connectivity index (χ1n) is 8.88. The van der Waals surface area contributed by atoms with Gasteiger partial charge in [-0.1, -0.05) is 12.1 Å². The predicted molar refractivity (Wildman–Crippen MR) is 107 cm³/mol. The van der Waals surface area contributed by atoms with Crippen LogP contribution >= 0.6 is 11.3 Å². The zero-order chi connectivity index (χ0) is 20.4. The van der Waals surface area contributed by atoms with Crippen LogP contribution in [-0.2, 0) is 4.79 Å². The minimum absolute atomic E-state index is 0.0503. The number of rotatable bonds is 6. The number of hydrazone groups is 1. The van der Waals surface area contributed by atoms with E-state index in [1.807, 2.05) is 17.5 Å². The molecule has 0 fully saturated rings.